The number of carboxylic acids is 1. The largest absolute Gasteiger partial charge is 0.481 e. The molecule has 0 heterocycles. The first-order chi connectivity index (χ1) is 6.89. The van der Waals surface area contributed by atoms with Crippen LogP contribution in [0, 0.1) is 5.92 Å². The van der Waals surface area contributed by atoms with Gasteiger partial charge in [-0.25, -0.2) is 8.42 Å². The number of rotatable bonds is 8. The Labute approximate surface area is 90.4 Å². The van der Waals surface area contributed by atoms with Crippen molar-refractivity contribution in [1.82, 2.24) is 0 Å². The fourth-order valence-electron chi connectivity index (χ4n) is 1.06. The molecule has 0 fully saturated rings. The van der Waals surface area contributed by atoms with E-state index in [1.54, 1.807) is 0 Å². The molecule has 1 unspecified atom stereocenters. The molecule has 0 rings (SSSR count). The zero-order chi connectivity index (χ0) is 11.9. The molecule has 0 saturated carbocycles. The number of hydrogen-bond acceptors (Lipinski definition) is 4. The SMILES string of the molecule is CCOCCCS(=O)(=O)CC(C)C(=O)O. The van der Waals surface area contributed by atoms with E-state index in [0.29, 0.717) is 19.6 Å². The van der Waals surface area contributed by atoms with Crippen LogP contribution in [0.2, 0.25) is 0 Å². The third-order valence-corrected chi connectivity index (χ3v) is 3.79. The molecule has 0 aliphatic rings. The molecule has 0 bridgehead atoms. The van der Waals surface area contributed by atoms with Crippen LogP contribution in [0.3, 0.4) is 0 Å². The summed E-state index contributed by atoms with van der Waals surface area (Å²) >= 11 is 0. The molecule has 1 N–H and O–H groups in total. The van der Waals surface area contributed by atoms with Crippen LogP contribution in [0.15, 0.2) is 0 Å². The third kappa shape index (κ3) is 7.33. The lowest BCUT2D eigenvalue weighted by Gasteiger charge is -2.07. The molecule has 0 saturated heterocycles. The summed E-state index contributed by atoms with van der Waals surface area (Å²) in [6.07, 6.45) is 0.419. The number of aliphatic carboxylic acids is 1. The monoisotopic (exact) mass is 238 g/mol. The second-order valence-electron chi connectivity index (χ2n) is 3.40. The normalized spacial score (nSPS) is 13.7. The number of hydrogen-bond donors (Lipinski definition) is 1. The molecule has 0 aromatic carbocycles. The van der Waals surface area contributed by atoms with Crippen molar-refractivity contribution in [3.63, 3.8) is 0 Å². The van der Waals surface area contributed by atoms with E-state index in [9.17, 15) is 13.2 Å². The predicted octanol–water partition coefficient (Wildman–Crippen LogP) is 0.548. The molecular weight excluding hydrogens is 220 g/mol. The van der Waals surface area contributed by atoms with Gasteiger partial charge in [-0.1, -0.05) is 6.92 Å². The zero-order valence-electron chi connectivity index (χ0n) is 9.10. The molecule has 15 heavy (non-hydrogen) atoms. The summed E-state index contributed by atoms with van der Waals surface area (Å²) in [7, 11) is -3.27. The smallest absolute Gasteiger partial charge is 0.307 e. The molecule has 5 nitrogen and oxygen atoms in total. The molecule has 0 aromatic rings. The van der Waals surface area contributed by atoms with Gasteiger partial charge in [-0.2, -0.15) is 0 Å². The Morgan fingerprint density at radius 2 is 2.07 bits per heavy atom. The van der Waals surface area contributed by atoms with Gasteiger partial charge in [0, 0.05) is 13.2 Å². The van der Waals surface area contributed by atoms with Gasteiger partial charge in [0.05, 0.1) is 17.4 Å². The third-order valence-electron chi connectivity index (χ3n) is 1.87. The van der Waals surface area contributed by atoms with Crippen molar-refractivity contribution in [2.45, 2.75) is 20.3 Å². The molecule has 6 heteroatoms. The highest BCUT2D eigenvalue weighted by molar-refractivity contribution is 7.91. The highest BCUT2D eigenvalue weighted by Crippen LogP contribution is 2.03. The highest BCUT2D eigenvalue weighted by Gasteiger charge is 2.20. The summed E-state index contributed by atoms with van der Waals surface area (Å²) in [5.74, 6) is -2.23. The van der Waals surface area contributed by atoms with E-state index in [1.807, 2.05) is 6.92 Å². The minimum Gasteiger partial charge on any atom is -0.481 e. The lowest BCUT2D eigenvalue weighted by Crippen LogP contribution is -2.23. The zero-order valence-corrected chi connectivity index (χ0v) is 9.92. The van der Waals surface area contributed by atoms with Crippen LogP contribution in [-0.2, 0) is 19.4 Å². The first kappa shape index (κ1) is 14.4. The Kier molecular flexibility index (Phi) is 6.51. The molecule has 0 aliphatic heterocycles. The Morgan fingerprint density at radius 3 is 2.53 bits per heavy atom. The summed E-state index contributed by atoms with van der Waals surface area (Å²) in [6, 6.07) is 0. The molecular formula is C9H18O5S. The van der Waals surface area contributed by atoms with Crippen molar-refractivity contribution >= 4 is 15.8 Å². The Morgan fingerprint density at radius 1 is 1.47 bits per heavy atom. The van der Waals surface area contributed by atoms with Crippen molar-refractivity contribution in [1.29, 1.82) is 0 Å². The average molecular weight is 238 g/mol. The molecule has 0 amide bonds. The van der Waals surface area contributed by atoms with E-state index in [2.05, 4.69) is 0 Å². The van der Waals surface area contributed by atoms with E-state index in [1.165, 1.54) is 6.92 Å². The van der Waals surface area contributed by atoms with Crippen molar-refractivity contribution in [3.05, 3.63) is 0 Å². The maximum Gasteiger partial charge on any atom is 0.307 e. The van der Waals surface area contributed by atoms with E-state index in [0.717, 1.165) is 0 Å². The lowest BCUT2D eigenvalue weighted by molar-refractivity contribution is -0.140. The van der Waals surface area contributed by atoms with Crippen LogP contribution in [0.4, 0.5) is 0 Å². The molecule has 1 atom stereocenters. The van der Waals surface area contributed by atoms with Gasteiger partial charge in [-0.05, 0) is 13.3 Å². The van der Waals surface area contributed by atoms with E-state index in [4.69, 9.17) is 9.84 Å². The van der Waals surface area contributed by atoms with Crippen molar-refractivity contribution in [2.24, 2.45) is 5.92 Å². The molecule has 0 spiro atoms. The second kappa shape index (κ2) is 6.79. The van der Waals surface area contributed by atoms with Crippen LogP contribution >= 0.6 is 0 Å². The Balaban J connectivity index is 3.92. The number of ether oxygens (including phenoxy) is 1. The summed E-state index contributed by atoms with van der Waals surface area (Å²) in [5, 5.41) is 8.57. The molecule has 0 aromatic heterocycles. The fraction of sp³-hybridized carbons (Fsp3) is 0.889. The summed E-state index contributed by atoms with van der Waals surface area (Å²) < 4.78 is 27.8. The van der Waals surface area contributed by atoms with Crippen LogP contribution < -0.4 is 0 Å². The van der Waals surface area contributed by atoms with Crippen molar-refractivity contribution in [3.8, 4) is 0 Å². The van der Waals surface area contributed by atoms with Gasteiger partial charge in [0.2, 0.25) is 0 Å². The maximum atomic E-state index is 11.4. The Bertz CT molecular complexity index is 283. The van der Waals surface area contributed by atoms with Crippen LogP contribution in [0.5, 0.6) is 0 Å². The van der Waals surface area contributed by atoms with Gasteiger partial charge in [-0.15, -0.1) is 0 Å². The predicted molar refractivity (Wildman–Crippen MR) is 56.6 cm³/mol. The number of carbonyl (C=O) groups is 1. The first-order valence-electron chi connectivity index (χ1n) is 4.90. The first-order valence-corrected chi connectivity index (χ1v) is 6.72. The van der Waals surface area contributed by atoms with E-state index >= 15 is 0 Å². The second-order valence-corrected chi connectivity index (χ2v) is 5.63. The topological polar surface area (TPSA) is 80.7 Å². The van der Waals surface area contributed by atoms with Crippen molar-refractivity contribution in [2.75, 3.05) is 24.7 Å². The average Bonchev–Trinajstić information content (AvgIpc) is 2.11. The molecule has 90 valence electrons. The highest BCUT2D eigenvalue weighted by atomic mass is 32.2. The van der Waals surface area contributed by atoms with Gasteiger partial charge >= 0.3 is 5.97 Å². The quantitative estimate of drug-likeness (QED) is 0.624. The van der Waals surface area contributed by atoms with E-state index in [-0.39, 0.29) is 11.5 Å². The summed E-state index contributed by atoms with van der Waals surface area (Å²) in [6.45, 7) is 4.19. The Hall–Kier alpha value is -0.620. The summed E-state index contributed by atoms with van der Waals surface area (Å²) in [4.78, 5) is 10.5. The van der Waals surface area contributed by atoms with Crippen LogP contribution in [0.1, 0.15) is 20.3 Å². The lowest BCUT2D eigenvalue weighted by atomic mass is 10.2. The van der Waals surface area contributed by atoms with Crippen molar-refractivity contribution < 1.29 is 23.1 Å². The fourth-order valence-corrected chi connectivity index (χ4v) is 2.69. The number of carboxylic acid groups (broad SMARTS) is 1. The van der Waals surface area contributed by atoms with Gasteiger partial charge in [0.1, 0.15) is 0 Å². The van der Waals surface area contributed by atoms with Gasteiger partial charge in [0.15, 0.2) is 9.84 Å². The molecule has 0 aliphatic carbocycles. The van der Waals surface area contributed by atoms with Gasteiger partial charge < -0.3 is 9.84 Å². The van der Waals surface area contributed by atoms with Gasteiger partial charge in [0.25, 0.3) is 0 Å². The minimum atomic E-state index is -3.27. The molecule has 0 radical (unpaired) electrons. The van der Waals surface area contributed by atoms with Crippen LogP contribution in [-0.4, -0.2) is 44.2 Å². The van der Waals surface area contributed by atoms with Crippen LogP contribution in [0.25, 0.3) is 0 Å². The number of sulfone groups is 1. The standard InChI is InChI=1S/C9H18O5S/c1-3-14-5-4-6-15(12,13)7-8(2)9(10)11/h8H,3-7H2,1-2H3,(H,10,11). The maximum absolute atomic E-state index is 11.4. The van der Waals surface area contributed by atoms with E-state index < -0.39 is 21.7 Å². The summed E-state index contributed by atoms with van der Waals surface area (Å²) in [5.41, 5.74) is 0. The van der Waals surface area contributed by atoms with Gasteiger partial charge in [-0.3, -0.25) is 4.79 Å². The minimum absolute atomic E-state index is 0.00931.